The summed E-state index contributed by atoms with van der Waals surface area (Å²) in [6, 6.07) is 8.54. The second-order valence-corrected chi connectivity index (χ2v) is 6.65. The number of Topliss-reactive ketones (excluding diaryl/α,β-unsaturated/α-hetero) is 1. The minimum atomic E-state index is -1.03. The quantitative estimate of drug-likeness (QED) is 0.855. The third-order valence-electron chi connectivity index (χ3n) is 5.02. The molecule has 0 saturated heterocycles. The molecule has 26 heavy (non-hydrogen) atoms. The van der Waals surface area contributed by atoms with E-state index in [0.717, 1.165) is 5.39 Å². The molecule has 1 heterocycles. The van der Waals surface area contributed by atoms with Gasteiger partial charge in [-0.3, -0.25) is 9.59 Å². The second kappa shape index (κ2) is 7.59. The van der Waals surface area contributed by atoms with E-state index >= 15 is 0 Å². The van der Waals surface area contributed by atoms with Crippen LogP contribution in [0, 0.1) is 5.92 Å². The van der Waals surface area contributed by atoms with E-state index in [4.69, 9.17) is 9.84 Å². The minimum absolute atomic E-state index is 0.0104. The Labute approximate surface area is 150 Å². The zero-order valence-electron chi connectivity index (χ0n) is 14.6. The molecule has 0 radical (unpaired) electrons. The van der Waals surface area contributed by atoms with Crippen LogP contribution in [0.1, 0.15) is 25.7 Å². The van der Waals surface area contributed by atoms with E-state index in [1.54, 1.807) is 19.2 Å². The first-order valence-corrected chi connectivity index (χ1v) is 8.67. The molecule has 0 spiro atoms. The number of carboxylic acid groups (broad SMARTS) is 1. The van der Waals surface area contributed by atoms with Gasteiger partial charge in [-0.15, -0.1) is 0 Å². The molecule has 0 unspecified atom stereocenters. The van der Waals surface area contributed by atoms with E-state index in [1.807, 2.05) is 12.1 Å². The van der Waals surface area contributed by atoms with Crippen LogP contribution in [0.3, 0.4) is 0 Å². The summed E-state index contributed by atoms with van der Waals surface area (Å²) in [5, 5.41) is 12.1. The lowest BCUT2D eigenvalue weighted by molar-refractivity contribution is -0.124. The molecular weight excluding hydrogens is 336 g/mol. The molecule has 0 aliphatic heterocycles. The number of hydrogen-bond acceptors (Lipinski definition) is 4. The predicted octanol–water partition coefficient (Wildman–Crippen LogP) is 2.41. The number of benzene rings is 1. The molecule has 7 nitrogen and oxygen atoms in total. The topological polar surface area (TPSA) is 97.6 Å². The molecule has 2 N–H and O–H groups in total. The van der Waals surface area contributed by atoms with Crippen molar-refractivity contribution in [2.75, 3.05) is 7.11 Å². The third-order valence-corrected chi connectivity index (χ3v) is 5.02. The number of fused-ring (bicyclic) bond motifs is 1. The van der Waals surface area contributed by atoms with E-state index < -0.39 is 6.09 Å². The lowest BCUT2D eigenvalue weighted by Gasteiger charge is -2.27. The van der Waals surface area contributed by atoms with Crippen molar-refractivity contribution in [1.82, 2.24) is 9.88 Å². The summed E-state index contributed by atoms with van der Waals surface area (Å²) in [5.41, 5.74) is 0.451. The maximum atomic E-state index is 12.7. The molecule has 1 aromatic heterocycles. The molecule has 138 valence electrons. The van der Waals surface area contributed by atoms with E-state index in [9.17, 15) is 14.4 Å². The lowest BCUT2D eigenvalue weighted by Crippen LogP contribution is -2.38. The Kier molecular flexibility index (Phi) is 5.25. The molecule has 1 aromatic carbocycles. The molecule has 2 aromatic rings. The highest BCUT2D eigenvalue weighted by atomic mass is 16.5. The summed E-state index contributed by atoms with van der Waals surface area (Å²) in [6.45, 7) is 0.0189. The monoisotopic (exact) mass is 358 g/mol. The Morgan fingerprint density at radius 1 is 1.19 bits per heavy atom. The van der Waals surface area contributed by atoms with Gasteiger partial charge in [-0.25, -0.2) is 4.79 Å². The van der Waals surface area contributed by atoms with Gasteiger partial charge in [0.25, 0.3) is 5.56 Å². The van der Waals surface area contributed by atoms with Gasteiger partial charge in [-0.05, 0) is 49.3 Å². The van der Waals surface area contributed by atoms with Gasteiger partial charge in [-0.1, -0.05) is 0 Å². The van der Waals surface area contributed by atoms with Gasteiger partial charge in [0.15, 0.2) is 5.78 Å². The third kappa shape index (κ3) is 3.87. The van der Waals surface area contributed by atoms with Gasteiger partial charge in [0.05, 0.1) is 19.2 Å². The number of carbonyl (C=O) groups excluding carboxylic acids is 1. The Hall–Kier alpha value is -2.83. The number of nitrogens with zero attached hydrogens (tertiary/aromatic N) is 1. The molecule has 1 fully saturated rings. The lowest BCUT2D eigenvalue weighted by atomic mass is 9.83. The highest BCUT2D eigenvalue weighted by Gasteiger charge is 2.27. The van der Waals surface area contributed by atoms with Crippen LogP contribution in [-0.4, -0.2) is 34.7 Å². The van der Waals surface area contributed by atoms with E-state index in [2.05, 4.69) is 5.32 Å². The Bertz CT molecular complexity index is 881. The summed E-state index contributed by atoms with van der Waals surface area (Å²) in [5.74, 6) is 0.496. The minimum Gasteiger partial charge on any atom is -0.497 e. The standard InChI is InChI=1S/C19H22N2O5/c1-26-15-8-4-12-5-9-18(23)21(16(12)10-15)11-17(22)13-2-6-14(7-3-13)20-19(24)25/h4-5,8-10,13-14,20H,2-3,6-7,11H2,1H3,(H,24,25). The van der Waals surface area contributed by atoms with Crippen LogP contribution in [0.5, 0.6) is 5.75 Å². The SMILES string of the molecule is COc1ccc2ccc(=O)n(CC(=O)C3CCC(NC(=O)O)CC3)c2c1. The Balaban J connectivity index is 1.76. The number of pyridine rings is 1. The fourth-order valence-corrected chi connectivity index (χ4v) is 3.58. The molecule has 0 bridgehead atoms. The van der Waals surface area contributed by atoms with Crippen LogP contribution in [0.15, 0.2) is 35.1 Å². The summed E-state index contributed by atoms with van der Waals surface area (Å²) in [7, 11) is 1.56. The highest BCUT2D eigenvalue weighted by molar-refractivity contribution is 5.85. The van der Waals surface area contributed by atoms with Crippen LogP contribution in [-0.2, 0) is 11.3 Å². The Morgan fingerprint density at radius 2 is 1.88 bits per heavy atom. The van der Waals surface area contributed by atoms with Crippen LogP contribution in [0.4, 0.5) is 4.79 Å². The number of amides is 1. The summed E-state index contributed by atoms with van der Waals surface area (Å²) >= 11 is 0. The van der Waals surface area contributed by atoms with Gasteiger partial charge in [0.2, 0.25) is 0 Å². The van der Waals surface area contributed by atoms with Crippen LogP contribution < -0.4 is 15.6 Å². The fraction of sp³-hybridized carbons (Fsp3) is 0.421. The molecule has 0 atom stereocenters. The fourth-order valence-electron chi connectivity index (χ4n) is 3.58. The number of nitrogens with one attached hydrogen (secondary N) is 1. The van der Waals surface area contributed by atoms with Gasteiger partial charge in [0, 0.05) is 24.1 Å². The number of hydrogen-bond donors (Lipinski definition) is 2. The van der Waals surface area contributed by atoms with E-state index in [1.165, 1.54) is 10.6 Å². The summed E-state index contributed by atoms with van der Waals surface area (Å²) < 4.78 is 6.71. The number of carbonyl (C=O) groups is 2. The first kappa shape index (κ1) is 18.0. The molecule has 3 rings (SSSR count). The van der Waals surface area contributed by atoms with Crippen molar-refractivity contribution in [1.29, 1.82) is 0 Å². The summed E-state index contributed by atoms with van der Waals surface area (Å²) in [6.07, 6.45) is 1.51. The zero-order valence-corrected chi connectivity index (χ0v) is 14.6. The van der Waals surface area contributed by atoms with Gasteiger partial charge in [0.1, 0.15) is 5.75 Å². The first-order chi connectivity index (χ1) is 12.5. The molecule has 1 amide bonds. The molecule has 1 aliphatic carbocycles. The number of methoxy groups -OCH3 is 1. The van der Waals surface area contributed by atoms with Crippen LogP contribution in [0.2, 0.25) is 0 Å². The van der Waals surface area contributed by atoms with Crippen molar-refractivity contribution < 1.29 is 19.4 Å². The number of ketones is 1. The van der Waals surface area contributed by atoms with Crippen LogP contribution in [0.25, 0.3) is 10.9 Å². The second-order valence-electron chi connectivity index (χ2n) is 6.65. The number of rotatable bonds is 5. The maximum Gasteiger partial charge on any atom is 0.404 e. The maximum absolute atomic E-state index is 12.7. The van der Waals surface area contributed by atoms with Crippen molar-refractivity contribution in [3.63, 3.8) is 0 Å². The van der Waals surface area contributed by atoms with E-state index in [-0.39, 0.29) is 29.8 Å². The van der Waals surface area contributed by atoms with Crippen molar-refractivity contribution >= 4 is 22.8 Å². The average molecular weight is 358 g/mol. The zero-order chi connectivity index (χ0) is 18.7. The van der Waals surface area contributed by atoms with Crippen LogP contribution >= 0.6 is 0 Å². The highest BCUT2D eigenvalue weighted by Crippen LogP contribution is 2.26. The van der Waals surface area contributed by atoms with E-state index in [0.29, 0.717) is 36.9 Å². The molecule has 7 heteroatoms. The molecular formula is C19H22N2O5. The van der Waals surface area contributed by atoms with Crippen molar-refractivity contribution in [3.8, 4) is 5.75 Å². The molecule has 1 aliphatic rings. The van der Waals surface area contributed by atoms with Crippen molar-refractivity contribution in [2.24, 2.45) is 5.92 Å². The van der Waals surface area contributed by atoms with Gasteiger partial charge < -0.3 is 19.7 Å². The van der Waals surface area contributed by atoms with Gasteiger partial charge in [-0.2, -0.15) is 0 Å². The normalized spacial score (nSPS) is 19.9. The molecule has 1 saturated carbocycles. The average Bonchev–Trinajstić information content (AvgIpc) is 2.63. The number of ether oxygens (including phenoxy) is 1. The largest absolute Gasteiger partial charge is 0.497 e. The van der Waals surface area contributed by atoms with Crippen molar-refractivity contribution in [2.45, 2.75) is 38.3 Å². The van der Waals surface area contributed by atoms with Gasteiger partial charge >= 0.3 is 6.09 Å². The predicted molar refractivity (Wildman–Crippen MR) is 96.7 cm³/mol. The first-order valence-electron chi connectivity index (χ1n) is 8.67. The Morgan fingerprint density at radius 3 is 2.54 bits per heavy atom. The summed E-state index contributed by atoms with van der Waals surface area (Å²) in [4.78, 5) is 35.8. The smallest absolute Gasteiger partial charge is 0.404 e. The van der Waals surface area contributed by atoms with Crippen molar-refractivity contribution in [3.05, 3.63) is 40.7 Å². The number of aromatic nitrogens is 1.